The number of hydrogen-bond donors (Lipinski definition) is 0. The van der Waals surface area contributed by atoms with E-state index in [1.165, 1.54) is 4.80 Å². The van der Waals surface area contributed by atoms with Crippen molar-refractivity contribution in [3.63, 3.8) is 0 Å². The van der Waals surface area contributed by atoms with Crippen molar-refractivity contribution in [2.75, 3.05) is 25.5 Å². The number of nitrogens with zero attached hydrogens (tertiary/aromatic N) is 6. The number of likely N-dealkylation sites (tertiary alicyclic amines) is 1. The fourth-order valence-corrected chi connectivity index (χ4v) is 3.48. The van der Waals surface area contributed by atoms with Crippen LogP contribution in [0.2, 0.25) is 0 Å². The monoisotopic (exact) mass is 350 g/mol. The van der Waals surface area contributed by atoms with E-state index in [1.54, 1.807) is 0 Å². The second kappa shape index (κ2) is 6.74. The van der Waals surface area contributed by atoms with Gasteiger partial charge in [-0.15, -0.1) is 0 Å². The number of fused-ring (bicyclic) bond motifs is 1. The fourth-order valence-electron chi connectivity index (χ4n) is 3.48. The van der Waals surface area contributed by atoms with E-state index in [1.807, 2.05) is 60.4 Å². The first-order chi connectivity index (χ1) is 12.6. The predicted molar refractivity (Wildman–Crippen MR) is 99.8 cm³/mol. The van der Waals surface area contributed by atoms with Crippen molar-refractivity contribution in [2.45, 2.75) is 25.4 Å². The number of pyridine rings is 1. The van der Waals surface area contributed by atoms with Gasteiger partial charge in [0.15, 0.2) is 0 Å². The molecule has 1 atom stereocenters. The van der Waals surface area contributed by atoms with Crippen LogP contribution in [0.15, 0.2) is 42.6 Å². The summed E-state index contributed by atoms with van der Waals surface area (Å²) in [5.74, 6) is 0.956. The van der Waals surface area contributed by atoms with Gasteiger partial charge in [-0.3, -0.25) is 4.79 Å². The Kier molecular flexibility index (Phi) is 4.28. The van der Waals surface area contributed by atoms with Crippen molar-refractivity contribution < 1.29 is 4.79 Å². The molecule has 0 radical (unpaired) electrons. The van der Waals surface area contributed by atoms with Gasteiger partial charge in [0.1, 0.15) is 23.4 Å². The number of amides is 1. The van der Waals surface area contributed by atoms with Gasteiger partial charge in [-0.05, 0) is 42.7 Å². The van der Waals surface area contributed by atoms with Crippen molar-refractivity contribution in [3.05, 3.63) is 48.2 Å². The molecule has 0 aliphatic carbocycles. The van der Waals surface area contributed by atoms with E-state index in [4.69, 9.17) is 0 Å². The summed E-state index contributed by atoms with van der Waals surface area (Å²) in [7, 11) is 3.94. The lowest BCUT2D eigenvalue weighted by Gasteiger charge is -2.25. The molecule has 1 saturated heterocycles. The molecule has 0 saturated carbocycles. The number of rotatable bonds is 4. The van der Waals surface area contributed by atoms with Gasteiger partial charge in [-0.25, -0.2) is 4.98 Å². The van der Waals surface area contributed by atoms with Crippen LogP contribution in [0.3, 0.4) is 0 Å². The first-order valence-corrected chi connectivity index (χ1v) is 8.84. The van der Waals surface area contributed by atoms with Gasteiger partial charge in [0.25, 0.3) is 0 Å². The number of carbonyl (C=O) groups is 1. The van der Waals surface area contributed by atoms with E-state index < -0.39 is 0 Å². The van der Waals surface area contributed by atoms with Crippen molar-refractivity contribution in [3.8, 4) is 0 Å². The van der Waals surface area contributed by atoms with Gasteiger partial charge in [-0.2, -0.15) is 15.0 Å². The van der Waals surface area contributed by atoms with Gasteiger partial charge in [0.05, 0.1) is 6.04 Å². The van der Waals surface area contributed by atoms with Crippen LogP contribution < -0.4 is 4.90 Å². The molecule has 7 nitrogen and oxygen atoms in total. The van der Waals surface area contributed by atoms with Crippen molar-refractivity contribution in [2.24, 2.45) is 0 Å². The van der Waals surface area contributed by atoms with Gasteiger partial charge in [0.2, 0.25) is 5.91 Å². The highest BCUT2D eigenvalue weighted by atomic mass is 16.2. The van der Waals surface area contributed by atoms with Crippen molar-refractivity contribution in [1.29, 1.82) is 0 Å². The third-order valence-electron chi connectivity index (χ3n) is 4.79. The summed E-state index contributed by atoms with van der Waals surface area (Å²) in [5.41, 5.74) is 2.75. The third-order valence-corrected chi connectivity index (χ3v) is 4.79. The minimum Gasteiger partial charge on any atom is -0.363 e. The quantitative estimate of drug-likeness (QED) is 0.722. The van der Waals surface area contributed by atoms with Gasteiger partial charge in [-0.1, -0.05) is 12.1 Å². The van der Waals surface area contributed by atoms with E-state index in [0.717, 1.165) is 41.8 Å². The molecule has 1 aliphatic rings. The van der Waals surface area contributed by atoms with E-state index in [9.17, 15) is 4.79 Å². The first-order valence-electron chi connectivity index (χ1n) is 8.84. The van der Waals surface area contributed by atoms with Gasteiger partial charge in [0, 0.05) is 26.8 Å². The fraction of sp³-hybridized carbons (Fsp3) is 0.368. The Morgan fingerprint density at radius 2 is 1.92 bits per heavy atom. The maximum Gasteiger partial charge on any atom is 0.246 e. The van der Waals surface area contributed by atoms with Crippen LogP contribution in [0.5, 0.6) is 0 Å². The van der Waals surface area contributed by atoms with E-state index in [0.29, 0.717) is 0 Å². The summed E-state index contributed by atoms with van der Waals surface area (Å²) >= 11 is 0. The van der Waals surface area contributed by atoms with Crippen LogP contribution in [0.1, 0.15) is 24.4 Å². The van der Waals surface area contributed by atoms with Crippen LogP contribution in [-0.4, -0.2) is 51.4 Å². The molecular weight excluding hydrogens is 328 g/mol. The lowest BCUT2D eigenvalue weighted by atomic mass is 10.1. The Balaban J connectivity index is 1.54. The van der Waals surface area contributed by atoms with Crippen LogP contribution in [0.4, 0.5) is 5.82 Å². The number of benzene rings is 1. The normalized spacial score (nSPS) is 17.0. The minimum absolute atomic E-state index is 0.0519. The average Bonchev–Trinajstić information content (AvgIpc) is 3.28. The Labute approximate surface area is 152 Å². The second-order valence-corrected chi connectivity index (χ2v) is 6.81. The van der Waals surface area contributed by atoms with Crippen LogP contribution in [0.25, 0.3) is 11.0 Å². The first kappa shape index (κ1) is 16.5. The highest BCUT2D eigenvalue weighted by Crippen LogP contribution is 2.33. The standard InChI is InChI=1S/C19H22N6O/c1-23(2)18-12-14(9-10-20-18)17-8-5-11-24(17)19(26)13-25-21-15-6-3-4-7-16(15)22-25/h3-4,6-7,9-10,12,17H,5,8,11,13H2,1-2H3. The molecular formula is C19H22N6O. The lowest BCUT2D eigenvalue weighted by molar-refractivity contribution is -0.133. The second-order valence-electron chi connectivity index (χ2n) is 6.81. The molecule has 0 N–H and O–H groups in total. The molecule has 7 heteroatoms. The summed E-state index contributed by atoms with van der Waals surface area (Å²) in [6.07, 6.45) is 3.79. The summed E-state index contributed by atoms with van der Waals surface area (Å²) in [6, 6.07) is 11.8. The molecule has 1 aliphatic heterocycles. The molecule has 1 fully saturated rings. The largest absolute Gasteiger partial charge is 0.363 e. The Bertz CT molecular complexity index is 901. The molecule has 3 heterocycles. The van der Waals surface area contributed by atoms with Crippen LogP contribution in [0, 0.1) is 0 Å². The summed E-state index contributed by atoms with van der Waals surface area (Å²) < 4.78 is 0. The lowest BCUT2D eigenvalue weighted by Crippen LogP contribution is -2.34. The average molecular weight is 350 g/mol. The molecule has 0 bridgehead atoms. The molecule has 0 spiro atoms. The molecule has 1 unspecified atom stereocenters. The topological polar surface area (TPSA) is 67.2 Å². The summed E-state index contributed by atoms with van der Waals surface area (Å²) in [5, 5.41) is 8.80. The maximum absolute atomic E-state index is 12.9. The molecule has 1 aromatic carbocycles. The Morgan fingerprint density at radius 1 is 1.19 bits per heavy atom. The number of hydrogen-bond acceptors (Lipinski definition) is 5. The summed E-state index contributed by atoms with van der Waals surface area (Å²) in [6.45, 7) is 0.931. The Morgan fingerprint density at radius 3 is 2.62 bits per heavy atom. The van der Waals surface area contributed by atoms with Gasteiger partial charge >= 0.3 is 0 Å². The molecule has 26 heavy (non-hydrogen) atoms. The smallest absolute Gasteiger partial charge is 0.246 e. The van der Waals surface area contributed by atoms with Crippen LogP contribution in [-0.2, 0) is 11.3 Å². The van der Waals surface area contributed by atoms with Crippen LogP contribution >= 0.6 is 0 Å². The van der Waals surface area contributed by atoms with Crippen molar-refractivity contribution >= 4 is 22.8 Å². The highest BCUT2D eigenvalue weighted by molar-refractivity contribution is 5.78. The Hall–Kier alpha value is -2.96. The zero-order valence-electron chi connectivity index (χ0n) is 15.0. The van der Waals surface area contributed by atoms with Crippen molar-refractivity contribution in [1.82, 2.24) is 24.9 Å². The third kappa shape index (κ3) is 3.12. The summed E-state index contributed by atoms with van der Waals surface area (Å²) in [4.78, 5) is 22.7. The highest BCUT2D eigenvalue weighted by Gasteiger charge is 2.30. The molecule has 3 aromatic rings. The number of aromatic nitrogens is 4. The SMILES string of the molecule is CN(C)c1cc(C2CCCN2C(=O)Cn2nc3ccccc3n2)ccn1. The maximum atomic E-state index is 12.9. The minimum atomic E-state index is 0.0519. The molecule has 1 amide bonds. The zero-order valence-corrected chi connectivity index (χ0v) is 15.0. The zero-order chi connectivity index (χ0) is 18.1. The van der Waals surface area contributed by atoms with E-state index >= 15 is 0 Å². The molecule has 4 rings (SSSR count). The number of carbonyl (C=O) groups excluding carboxylic acids is 1. The molecule has 2 aromatic heterocycles. The molecule has 134 valence electrons. The van der Waals surface area contributed by atoms with Gasteiger partial charge < -0.3 is 9.80 Å². The van der Waals surface area contributed by atoms with E-state index in [-0.39, 0.29) is 18.5 Å². The number of anilines is 1. The predicted octanol–water partition coefficient (Wildman–Crippen LogP) is 2.26. The van der Waals surface area contributed by atoms with E-state index in [2.05, 4.69) is 21.2 Å².